The zero-order valence-corrected chi connectivity index (χ0v) is 17.9. The average Bonchev–Trinajstić information content (AvgIpc) is 2.73. The van der Waals surface area contributed by atoms with Gasteiger partial charge in [0.1, 0.15) is 11.5 Å². The van der Waals surface area contributed by atoms with Crippen LogP contribution in [0.3, 0.4) is 0 Å². The molecule has 2 aromatic carbocycles. The molecule has 0 saturated carbocycles. The summed E-state index contributed by atoms with van der Waals surface area (Å²) in [5.41, 5.74) is 2.13. The third-order valence-corrected chi connectivity index (χ3v) is 4.23. The summed E-state index contributed by atoms with van der Waals surface area (Å²) in [6, 6.07) is 9.72. The number of nitrogens with zero attached hydrogens (tertiary/aromatic N) is 1. The Bertz CT molecular complexity index is 886. The number of benzene rings is 2. The van der Waals surface area contributed by atoms with E-state index in [9.17, 15) is 9.59 Å². The second-order valence-electron chi connectivity index (χ2n) is 6.52. The van der Waals surface area contributed by atoms with Crippen LogP contribution in [0.5, 0.6) is 11.5 Å². The molecule has 0 aliphatic heterocycles. The van der Waals surface area contributed by atoms with Crippen LogP contribution in [0.4, 0.5) is 21.9 Å². The van der Waals surface area contributed by atoms with Crippen LogP contribution in [-0.4, -0.2) is 60.5 Å². The Morgan fingerprint density at radius 1 is 0.967 bits per heavy atom. The fraction of sp³-hybridized carbons (Fsp3) is 0.333. The second-order valence-corrected chi connectivity index (χ2v) is 6.52. The van der Waals surface area contributed by atoms with E-state index < -0.39 is 6.03 Å². The van der Waals surface area contributed by atoms with E-state index >= 15 is 0 Å². The quantitative estimate of drug-likeness (QED) is 0.544. The van der Waals surface area contributed by atoms with Gasteiger partial charge in [-0.3, -0.25) is 4.79 Å². The molecule has 0 aliphatic rings. The number of methoxy groups -OCH3 is 3. The summed E-state index contributed by atoms with van der Waals surface area (Å²) in [7, 11) is 8.31. The van der Waals surface area contributed by atoms with Crippen LogP contribution in [0.2, 0.25) is 0 Å². The SMILES string of the molecule is COCCNC(=O)c1cc(NC(=O)Nc2ccc(OC)cc2OC)ccc1N(C)C. The van der Waals surface area contributed by atoms with Gasteiger partial charge in [0.2, 0.25) is 0 Å². The van der Waals surface area contributed by atoms with E-state index in [2.05, 4.69) is 16.0 Å². The number of rotatable bonds is 9. The molecule has 3 N–H and O–H groups in total. The largest absolute Gasteiger partial charge is 0.497 e. The fourth-order valence-corrected chi connectivity index (χ4v) is 2.73. The predicted octanol–water partition coefficient (Wildman–Crippen LogP) is 2.79. The highest BCUT2D eigenvalue weighted by atomic mass is 16.5. The second kappa shape index (κ2) is 10.9. The summed E-state index contributed by atoms with van der Waals surface area (Å²) < 4.78 is 15.4. The maximum absolute atomic E-state index is 12.6. The van der Waals surface area contributed by atoms with E-state index in [0.29, 0.717) is 41.6 Å². The van der Waals surface area contributed by atoms with Crippen molar-refractivity contribution in [2.75, 3.05) is 64.1 Å². The highest BCUT2D eigenvalue weighted by molar-refractivity contribution is 6.04. The van der Waals surface area contributed by atoms with Gasteiger partial charge in [-0.05, 0) is 30.3 Å². The molecule has 0 spiro atoms. The first-order valence-corrected chi connectivity index (χ1v) is 9.28. The Balaban J connectivity index is 2.16. The minimum Gasteiger partial charge on any atom is -0.497 e. The van der Waals surface area contributed by atoms with E-state index in [4.69, 9.17) is 14.2 Å². The van der Waals surface area contributed by atoms with E-state index in [0.717, 1.165) is 5.69 Å². The van der Waals surface area contributed by atoms with Crippen LogP contribution in [-0.2, 0) is 4.74 Å². The lowest BCUT2D eigenvalue weighted by Crippen LogP contribution is -2.29. The summed E-state index contributed by atoms with van der Waals surface area (Å²) in [5.74, 6) is 0.823. The molecule has 0 heterocycles. The number of ether oxygens (including phenoxy) is 3. The third kappa shape index (κ3) is 6.02. The fourth-order valence-electron chi connectivity index (χ4n) is 2.73. The molecule has 0 atom stereocenters. The van der Waals surface area contributed by atoms with Crippen molar-refractivity contribution >= 4 is 29.0 Å². The molecule has 0 saturated heterocycles. The van der Waals surface area contributed by atoms with Gasteiger partial charge < -0.3 is 35.1 Å². The highest BCUT2D eigenvalue weighted by Crippen LogP contribution is 2.29. The Kier molecular flexibility index (Phi) is 8.30. The number of carbonyl (C=O) groups excluding carboxylic acids is 2. The van der Waals surface area contributed by atoms with E-state index in [1.807, 2.05) is 19.0 Å². The highest BCUT2D eigenvalue weighted by Gasteiger charge is 2.15. The van der Waals surface area contributed by atoms with Crippen LogP contribution < -0.4 is 30.3 Å². The summed E-state index contributed by atoms with van der Waals surface area (Å²) in [4.78, 5) is 26.9. The molecule has 0 unspecified atom stereocenters. The first-order valence-electron chi connectivity index (χ1n) is 9.28. The number of carbonyl (C=O) groups is 2. The lowest BCUT2D eigenvalue weighted by atomic mass is 10.1. The number of hydrogen-bond donors (Lipinski definition) is 3. The molecule has 2 aromatic rings. The monoisotopic (exact) mass is 416 g/mol. The van der Waals surface area contributed by atoms with Gasteiger partial charge in [0, 0.05) is 45.2 Å². The van der Waals surface area contributed by atoms with E-state index in [1.54, 1.807) is 50.6 Å². The zero-order chi connectivity index (χ0) is 22.1. The topological polar surface area (TPSA) is 101 Å². The van der Waals surface area contributed by atoms with Crippen LogP contribution in [0.1, 0.15) is 10.4 Å². The molecule has 2 rings (SSSR count). The lowest BCUT2D eigenvalue weighted by molar-refractivity contribution is 0.0937. The Morgan fingerprint density at radius 2 is 1.73 bits per heavy atom. The van der Waals surface area contributed by atoms with Crippen LogP contribution in [0, 0.1) is 0 Å². The predicted molar refractivity (Wildman–Crippen MR) is 117 cm³/mol. The van der Waals surface area contributed by atoms with Crippen molar-refractivity contribution in [1.82, 2.24) is 5.32 Å². The number of amides is 3. The minimum atomic E-state index is -0.471. The summed E-state index contributed by atoms with van der Waals surface area (Å²) in [6.07, 6.45) is 0. The number of nitrogens with one attached hydrogen (secondary N) is 3. The molecule has 9 heteroatoms. The number of hydrogen-bond acceptors (Lipinski definition) is 6. The molecular weight excluding hydrogens is 388 g/mol. The normalized spacial score (nSPS) is 10.2. The van der Waals surface area contributed by atoms with Gasteiger partial charge in [-0.25, -0.2) is 4.79 Å². The summed E-state index contributed by atoms with van der Waals surface area (Å²) in [6.45, 7) is 0.796. The molecular formula is C21H28N4O5. The molecule has 0 aromatic heterocycles. The van der Waals surface area contributed by atoms with Crippen molar-refractivity contribution in [2.45, 2.75) is 0 Å². The van der Waals surface area contributed by atoms with Gasteiger partial charge in [0.15, 0.2) is 0 Å². The maximum Gasteiger partial charge on any atom is 0.323 e. The smallest absolute Gasteiger partial charge is 0.323 e. The third-order valence-electron chi connectivity index (χ3n) is 4.23. The van der Waals surface area contributed by atoms with Gasteiger partial charge in [-0.1, -0.05) is 0 Å². The Hall–Kier alpha value is -3.46. The van der Waals surface area contributed by atoms with Crippen molar-refractivity contribution < 1.29 is 23.8 Å². The number of urea groups is 1. The molecule has 0 radical (unpaired) electrons. The molecule has 162 valence electrons. The summed E-state index contributed by atoms with van der Waals surface area (Å²) in [5, 5.41) is 8.26. The van der Waals surface area contributed by atoms with Crippen LogP contribution >= 0.6 is 0 Å². The average molecular weight is 416 g/mol. The van der Waals surface area contributed by atoms with Crippen molar-refractivity contribution in [3.63, 3.8) is 0 Å². The summed E-state index contributed by atoms with van der Waals surface area (Å²) >= 11 is 0. The lowest BCUT2D eigenvalue weighted by Gasteiger charge is -2.19. The molecule has 0 aliphatic carbocycles. The molecule has 0 fully saturated rings. The number of anilines is 3. The van der Waals surface area contributed by atoms with Crippen molar-refractivity contribution in [1.29, 1.82) is 0 Å². The van der Waals surface area contributed by atoms with Gasteiger partial charge >= 0.3 is 6.03 Å². The Labute approximate surface area is 176 Å². The zero-order valence-electron chi connectivity index (χ0n) is 17.9. The van der Waals surface area contributed by atoms with E-state index in [-0.39, 0.29) is 5.91 Å². The minimum absolute atomic E-state index is 0.253. The molecule has 30 heavy (non-hydrogen) atoms. The molecule has 0 bridgehead atoms. The standard InChI is InChI=1S/C21H28N4O5/c1-25(2)18-9-6-14(12-16(18)20(26)22-10-11-28-3)23-21(27)24-17-8-7-15(29-4)13-19(17)30-5/h6-9,12-13H,10-11H2,1-5H3,(H,22,26)(H2,23,24,27). The van der Waals surface area contributed by atoms with Gasteiger partial charge in [0.25, 0.3) is 5.91 Å². The van der Waals surface area contributed by atoms with Crippen molar-refractivity contribution in [3.05, 3.63) is 42.0 Å². The van der Waals surface area contributed by atoms with Gasteiger partial charge in [-0.2, -0.15) is 0 Å². The van der Waals surface area contributed by atoms with Gasteiger partial charge in [0.05, 0.1) is 32.1 Å². The molecule has 3 amide bonds. The van der Waals surface area contributed by atoms with Crippen molar-refractivity contribution in [3.8, 4) is 11.5 Å². The van der Waals surface area contributed by atoms with Crippen molar-refractivity contribution in [2.24, 2.45) is 0 Å². The first-order chi connectivity index (χ1) is 14.4. The Morgan fingerprint density at radius 3 is 2.37 bits per heavy atom. The maximum atomic E-state index is 12.6. The van der Waals surface area contributed by atoms with Crippen LogP contribution in [0.15, 0.2) is 36.4 Å². The van der Waals surface area contributed by atoms with Gasteiger partial charge in [-0.15, -0.1) is 0 Å². The van der Waals surface area contributed by atoms with Crippen LogP contribution in [0.25, 0.3) is 0 Å². The first kappa shape index (κ1) is 22.8. The molecule has 9 nitrogen and oxygen atoms in total. The van der Waals surface area contributed by atoms with E-state index in [1.165, 1.54) is 7.11 Å².